The first-order chi connectivity index (χ1) is 29.2. The summed E-state index contributed by atoms with van der Waals surface area (Å²) in [5, 5.41) is 9.69. The van der Waals surface area contributed by atoms with E-state index >= 15 is 0 Å². The van der Waals surface area contributed by atoms with Crippen LogP contribution in [0.15, 0.2) is 217 Å². The number of hydrogen-bond acceptors (Lipinski definition) is 3. The normalized spacial score (nSPS) is 11.7. The maximum Gasteiger partial charge on any atom is 0.145 e. The summed E-state index contributed by atoms with van der Waals surface area (Å²) < 4.78 is 9.50. The summed E-state index contributed by atoms with van der Waals surface area (Å²) in [4.78, 5) is 2.43. The Morgan fingerprint density at radius 1 is 0.356 bits per heavy atom. The quantitative estimate of drug-likeness (QED) is 0.157. The molecule has 0 aliphatic heterocycles. The second-order valence-corrected chi connectivity index (χ2v) is 16.3. The molecule has 3 heteroatoms. The Balaban J connectivity index is 1.06. The second kappa shape index (κ2) is 13.6. The van der Waals surface area contributed by atoms with Crippen LogP contribution >= 0.6 is 11.3 Å². The van der Waals surface area contributed by atoms with Crippen LogP contribution in [0.4, 0.5) is 17.1 Å². The maximum absolute atomic E-state index is 6.87. The van der Waals surface area contributed by atoms with Crippen LogP contribution in [-0.4, -0.2) is 0 Å². The average molecular weight is 770 g/mol. The second-order valence-electron chi connectivity index (χ2n) is 15.2. The van der Waals surface area contributed by atoms with E-state index in [1.807, 2.05) is 11.3 Å². The fourth-order valence-corrected chi connectivity index (χ4v) is 10.2. The fraction of sp³-hybridized carbons (Fsp3) is 0. The number of thiophene rings is 1. The van der Waals surface area contributed by atoms with Crippen molar-refractivity contribution in [1.82, 2.24) is 0 Å². The molecule has 12 aromatic rings. The lowest BCUT2D eigenvalue weighted by Crippen LogP contribution is -2.11. The molecular formula is C56H35NOS. The molecule has 10 aromatic carbocycles. The minimum atomic E-state index is 0.868. The summed E-state index contributed by atoms with van der Waals surface area (Å²) in [7, 11) is 0. The Bertz CT molecular complexity index is 3540. The van der Waals surface area contributed by atoms with E-state index in [1.165, 1.54) is 64.0 Å². The molecule has 0 radical (unpaired) electrons. The minimum absolute atomic E-state index is 0.868. The van der Waals surface area contributed by atoms with Crippen LogP contribution in [0.1, 0.15) is 0 Å². The number of fused-ring (bicyclic) bond motifs is 9. The highest BCUT2D eigenvalue weighted by atomic mass is 32.1. The first-order valence-corrected chi connectivity index (χ1v) is 20.9. The van der Waals surface area contributed by atoms with Gasteiger partial charge < -0.3 is 9.32 Å². The Morgan fingerprint density at radius 3 is 1.85 bits per heavy atom. The van der Waals surface area contributed by atoms with Gasteiger partial charge in [-0.1, -0.05) is 164 Å². The molecule has 0 aliphatic rings. The van der Waals surface area contributed by atoms with Crippen molar-refractivity contribution in [3.63, 3.8) is 0 Å². The van der Waals surface area contributed by atoms with Gasteiger partial charge in [-0.05, 0) is 92.5 Å². The molecule has 0 saturated carbocycles. The number of nitrogens with zero attached hydrogens (tertiary/aromatic N) is 1. The molecule has 0 saturated heterocycles. The molecule has 276 valence electrons. The van der Waals surface area contributed by atoms with E-state index in [9.17, 15) is 0 Å². The number of benzene rings is 10. The molecule has 2 nitrogen and oxygen atoms in total. The lowest BCUT2D eigenvalue weighted by molar-refractivity contribution is 0.670. The van der Waals surface area contributed by atoms with E-state index < -0.39 is 0 Å². The van der Waals surface area contributed by atoms with E-state index in [4.69, 9.17) is 4.42 Å². The molecule has 0 amide bonds. The van der Waals surface area contributed by atoms with Crippen molar-refractivity contribution in [2.75, 3.05) is 4.90 Å². The Morgan fingerprint density at radius 2 is 0.983 bits per heavy atom. The van der Waals surface area contributed by atoms with Crippen molar-refractivity contribution in [3.05, 3.63) is 212 Å². The lowest BCUT2D eigenvalue weighted by atomic mass is 9.96. The zero-order valence-corrected chi connectivity index (χ0v) is 32.8. The maximum atomic E-state index is 6.87. The van der Waals surface area contributed by atoms with E-state index in [2.05, 4.69) is 217 Å². The van der Waals surface area contributed by atoms with Crippen molar-refractivity contribution < 1.29 is 4.42 Å². The number of anilines is 3. The zero-order valence-electron chi connectivity index (χ0n) is 32.0. The van der Waals surface area contributed by atoms with Crippen LogP contribution in [-0.2, 0) is 0 Å². The summed E-state index contributed by atoms with van der Waals surface area (Å²) in [6.07, 6.45) is 0. The summed E-state index contributed by atoms with van der Waals surface area (Å²) in [6, 6.07) is 76.9. The molecule has 0 fully saturated rings. The SMILES string of the molecule is c1ccc(-c2ccc(-c3ccc(N(c4ccc(-c5ccc6c(c5)sc5ccccc56)cc4)c4cccc5c4ccc4ccccc45)c4c3oc3ccccc34)cc2)cc1. The van der Waals surface area contributed by atoms with Gasteiger partial charge in [0, 0.05) is 42.2 Å². The van der Waals surface area contributed by atoms with Crippen LogP contribution in [0.5, 0.6) is 0 Å². The van der Waals surface area contributed by atoms with Gasteiger partial charge in [-0.25, -0.2) is 0 Å². The van der Waals surface area contributed by atoms with Crippen LogP contribution in [0.2, 0.25) is 0 Å². The summed E-state index contributed by atoms with van der Waals surface area (Å²) in [6.45, 7) is 0. The monoisotopic (exact) mass is 769 g/mol. The molecule has 0 atom stereocenters. The summed E-state index contributed by atoms with van der Waals surface area (Å²) in [5.41, 5.74) is 12.0. The third-order valence-electron chi connectivity index (χ3n) is 11.9. The molecule has 0 N–H and O–H groups in total. The van der Waals surface area contributed by atoms with Gasteiger partial charge >= 0.3 is 0 Å². The number of para-hydroxylation sites is 1. The van der Waals surface area contributed by atoms with Gasteiger partial charge in [-0.15, -0.1) is 11.3 Å². The van der Waals surface area contributed by atoms with Crippen molar-refractivity contribution in [2.24, 2.45) is 0 Å². The Kier molecular flexibility index (Phi) is 7.75. The van der Waals surface area contributed by atoms with Crippen molar-refractivity contribution in [1.29, 1.82) is 0 Å². The third-order valence-corrected chi connectivity index (χ3v) is 13.0. The Hall–Kier alpha value is -7.46. The predicted molar refractivity (Wildman–Crippen MR) is 253 cm³/mol. The predicted octanol–water partition coefficient (Wildman–Crippen LogP) is 16.7. The Labute approximate surface area is 345 Å². The average Bonchev–Trinajstić information content (AvgIpc) is 3.89. The molecular weight excluding hydrogens is 735 g/mol. The van der Waals surface area contributed by atoms with Gasteiger partial charge in [0.25, 0.3) is 0 Å². The van der Waals surface area contributed by atoms with Gasteiger partial charge in [0.15, 0.2) is 0 Å². The minimum Gasteiger partial charge on any atom is -0.455 e. The fourth-order valence-electron chi connectivity index (χ4n) is 9.03. The van der Waals surface area contributed by atoms with Gasteiger partial charge in [0.05, 0.1) is 16.8 Å². The number of hydrogen-bond donors (Lipinski definition) is 0. The molecule has 0 bridgehead atoms. The highest BCUT2D eigenvalue weighted by molar-refractivity contribution is 7.25. The zero-order chi connectivity index (χ0) is 38.9. The van der Waals surface area contributed by atoms with Gasteiger partial charge in [-0.3, -0.25) is 0 Å². The highest BCUT2D eigenvalue weighted by Gasteiger charge is 2.24. The van der Waals surface area contributed by atoms with Crippen LogP contribution < -0.4 is 4.90 Å². The number of rotatable bonds is 6. The number of furan rings is 1. The first kappa shape index (κ1) is 33.7. The van der Waals surface area contributed by atoms with Crippen molar-refractivity contribution >= 4 is 92.1 Å². The van der Waals surface area contributed by atoms with E-state index in [0.29, 0.717) is 0 Å². The molecule has 2 aromatic heterocycles. The van der Waals surface area contributed by atoms with E-state index in [1.54, 1.807) is 0 Å². The first-order valence-electron chi connectivity index (χ1n) is 20.1. The third kappa shape index (κ3) is 5.55. The van der Waals surface area contributed by atoms with Gasteiger partial charge in [0.1, 0.15) is 11.2 Å². The van der Waals surface area contributed by atoms with Crippen LogP contribution in [0.25, 0.3) is 97.0 Å². The van der Waals surface area contributed by atoms with Crippen LogP contribution in [0, 0.1) is 0 Å². The highest BCUT2D eigenvalue weighted by Crippen LogP contribution is 2.48. The molecule has 59 heavy (non-hydrogen) atoms. The van der Waals surface area contributed by atoms with Crippen LogP contribution in [0.3, 0.4) is 0 Å². The van der Waals surface area contributed by atoms with Gasteiger partial charge in [-0.2, -0.15) is 0 Å². The summed E-state index contributed by atoms with van der Waals surface area (Å²) in [5.74, 6) is 0. The lowest BCUT2D eigenvalue weighted by Gasteiger charge is -2.28. The largest absolute Gasteiger partial charge is 0.455 e. The van der Waals surface area contributed by atoms with Crippen molar-refractivity contribution in [2.45, 2.75) is 0 Å². The molecule has 0 unspecified atom stereocenters. The van der Waals surface area contributed by atoms with E-state index in [-0.39, 0.29) is 0 Å². The van der Waals surface area contributed by atoms with E-state index in [0.717, 1.165) is 50.1 Å². The molecule has 2 heterocycles. The smallest absolute Gasteiger partial charge is 0.145 e. The van der Waals surface area contributed by atoms with Crippen molar-refractivity contribution in [3.8, 4) is 33.4 Å². The topological polar surface area (TPSA) is 16.4 Å². The standard InChI is InChI=1S/C56H35NOS/c1-2-11-36(12-3-1)37-21-23-40(24-22-37)44-33-34-51(55-49-16-6-8-19-52(49)58-56(44)55)57(50-18-10-17-45-43-14-5-4-13-39(43)27-31-46(45)50)42-29-25-38(26-30-42)41-28-32-48-47-15-7-9-20-53(47)59-54(48)35-41/h1-35H. The molecule has 0 aliphatic carbocycles. The summed E-state index contributed by atoms with van der Waals surface area (Å²) >= 11 is 1.86. The van der Waals surface area contributed by atoms with Gasteiger partial charge in [0.2, 0.25) is 0 Å². The molecule has 0 spiro atoms. The molecule has 12 rings (SSSR count).